The van der Waals surface area contributed by atoms with Gasteiger partial charge in [-0.2, -0.15) is 0 Å². The summed E-state index contributed by atoms with van der Waals surface area (Å²) in [4.78, 5) is 41.9. The molecule has 0 spiro atoms. The average molecular weight is 401 g/mol. The van der Waals surface area contributed by atoms with Crippen LogP contribution in [0.5, 0.6) is 0 Å². The highest BCUT2D eigenvalue weighted by Gasteiger charge is 2.47. The van der Waals surface area contributed by atoms with E-state index in [-0.39, 0.29) is 22.8 Å². The van der Waals surface area contributed by atoms with Crippen molar-refractivity contribution in [3.8, 4) is 0 Å². The molecule has 0 radical (unpaired) electrons. The molecule has 1 saturated heterocycles. The van der Waals surface area contributed by atoms with E-state index >= 15 is 0 Å². The number of non-ortho nitro benzene ring substituents is 1. The summed E-state index contributed by atoms with van der Waals surface area (Å²) in [6.07, 6.45) is 1.47. The van der Waals surface area contributed by atoms with Gasteiger partial charge in [-0.05, 0) is 17.7 Å². The quantitative estimate of drug-likeness (QED) is 0.235. The van der Waals surface area contributed by atoms with Crippen molar-refractivity contribution < 1.29 is 19.6 Å². The van der Waals surface area contributed by atoms with Crippen LogP contribution >= 0.6 is 0 Å². The summed E-state index contributed by atoms with van der Waals surface area (Å²) in [5.74, 6) is -1.92. The van der Waals surface area contributed by atoms with Crippen molar-refractivity contribution in [3.05, 3.63) is 106 Å². The van der Waals surface area contributed by atoms with Crippen LogP contribution in [-0.2, 0) is 9.59 Å². The first-order valence-corrected chi connectivity index (χ1v) is 9.01. The fraction of sp³-hybridized carbons (Fsp3) is 0.0455. The van der Waals surface area contributed by atoms with Crippen LogP contribution in [0.3, 0.4) is 0 Å². The summed E-state index contributed by atoms with van der Waals surface area (Å²) >= 11 is 0. The van der Waals surface area contributed by atoms with Crippen molar-refractivity contribution in [2.24, 2.45) is 0 Å². The summed E-state index contributed by atoms with van der Waals surface area (Å²) in [6.45, 7) is 0. The van der Waals surface area contributed by atoms with E-state index in [4.69, 9.17) is 0 Å². The Morgan fingerprint density at radius 1 is 1.00 bits per heavy atom. The molecule has 1 aliphatic rings. The number of nitro benzene ring substituents is 1. The molecule has 2 heterocycles. The molecule has 1 unspecified atom stereocenters. The molecule has 0 bridgehead atoms. The maximum absolute atomic E-state index is 12.9. The largest absolute Gasteiger partial charge is 0.507 e. The zero-order chi connectivity index (χ0) is 21.3. The molecule has 3 aromatic rings. The fourth-order valence-corrected chi connectivity index (χ4v) is 3.44. The van der Waals surface area contributed by atoms with E-state index in [0.29, 0.717) is 11.1 Å². The number of Topliss-reactive ketones (excluding diaryl/α,β-unsaturated/α-hetero) is 1. The van der Waals surface area contributed by atoms with Crippen LogP contribution in [0.1, 0.15) is 17.2 Å². The Hall–Kier alpha value is -4.33. The number of aliphatic hydroxyl groups excluding tert-OH is 1. The van der Waals surface area contributed by atoms with Crippen LogP contribution in [0.2, 0.25) is 0 Å². The number of aromatic nitrogens is 1. The number of hydrogen-bond donors (Lipinski definition) is 1. The Balaban J connectivity index is 1.97. The molecule has 1 N–H and O–H groups in total. The number of benzene rings is 2. The van der Waals surface area contributed by atoms with E-state index in [1.54, 1.807) is 54.6 Å². The lowest BCUT2D eigenvalue weighted by Crippen LogP contribution is -2.30. The van der Waals surface area contributed by atoms with Crippen LogP contribution in [0.15, 0.2) is 84.6 Å². The highest BCUT2D eigenvalue weighted by atomic mass is 16.6. The summed E-state index contributed by atoms with van der Waals surface area (Å²) in [6, 6.07) is 17.8. The number of aliphatic hydroxyl groups is 1. The SMILES string of the molecule is O=C1C(=O)N(c2ccccn2)C(c2cccc([N+](=O)[O-])c2)/C1=C(\O)c1ccccc1. The first-order valence-electron chi connectivity index (χ1n) is 9.01. The highest BCUT2D eigenvalue weighted by Crippen LogP contribution is 2.42. The van der Waals surface area contributed by atoms with Crippen LogP contribution in [0.4, 0.5) is 11.5 Å². The standard InChI is InChI=1S/C22H15N3O5/c26-20(14-7-2-1-3-8-14)18-19(15-9-6-10-16(13-15)25(29)30)24(22(28)21(18)27)17-11-4-5-12-23-17/h1-13,19,26H/b20-18+. The van der Waals surface area contributed by atoms with Gasteiger partial charge in [0.1, 0.15) is 11.6 Å². The second-order valence-electron chi connectivity index (χ2n) is 6.58. The average Bonchev–Trinajstić information content (AvgIpc) is 3.05. The predicted octanol–water partition coefficient (Wildman–Crippen LogP) is 3.62. The molecule has 8 nitrogen and oxygen atoms in total. The van der Waals surface area contributed by atoms with Gasteiger partial charge in [0.2, 0.25) is 0 Å². The number of nitrogens with zero attached hydrogens (tertiary/aromatic N) is 3. The monoisotopic (exact) mass is 401 g/mol. The number of anilines is 1. The van der Waals surface area contributed by atoms with Crippen molar-refractivity contribution in [1.29, 1.82) is 0 Å². The number of carbonyl (C=O) groups excluding carboxylic acids is 2. The number of amides is 1. The van der Waals surface area contributed by atoms with Crippen LogP contribution < -0.4 is 4.90 Å². The third-order valence-electron chi connectivity index (χ3n) is 4.78. The lowest BCUT2D eigenvalue weighted by Gasteiger charge is -2.24. The summed E-state index contributed by atoms with van der Waals surface area (Å²) in [7, 11) is 0. The summed E-state index contributed by atoms with van der Waals surface area (Å²) in [5.41, 5.74) is 0.314. The predicted molar refractivity (Wildman–Crippen MR) is 109 cm³/mol. The second kappa shape index (κ2) is 7.59. The van der Waals surface area contributed by atoms with Gasteiger partial charge in [0, 0.05) is 23.9 Å². The van der Waals surface area contributed by atoms with E-state index in [2.05, 4.69) is 4.98 Å². The molecular formula is C22H15N3O5. The number of ketones is 1. The van der Waals surface area contributed by atoms with E-state index < -0.39 is 22.7 Å². The minimum absolute atomic E-state index is 0.155. The number of pyridine rings is 1. The number of hydrogen-bond acceptors (Lipinski definition) is 6. The van der Waals surface area contributed by atoms with Crippen LogP contribution in [0.25, 0.3) is 5.76 Å². The van der Waals surface area contributed by atoms with Gasteiger partial charge in [-0.15, -0.1) is 0 Å². The van der Waals surface area contributed by atoms with Crippen molar-refractivity contribution in [1.82, 2.24) is 4.98 Å². The highest BCUT2D eigenvalue weighted by molar-refractivity contribution is 6.51. The van der Waals surface area contributed by atoms with Gasteiger partial charge in [0.05, 0.1) is 16.5 Å². The van der Waals surface area contributed by atoms with Gasteiger partial charge in [-0.3, -0.25) is 24.6 Å². The summed E-state index contributed by atoms with van der Waals surface area (Å²) in [5, 5.41) is 22.2. The summed E-state index contributed by atoms with van der Waals surface area (Å²) < 4.78 is 0. The van der Waals surface area contributed by atoms with Gasteiger partial charge in [0.15, 0.2) is 0 Å². The van der Waals surface area contributed by atoms with Gasteiger partial charge < -0.3 is 5.11 Å². The van der Waals surface area contributed by atoms with Gasteiger partial charge >= 0.3 is 5.91 Å². The number of rotatable bonds is 4. The fourth-order valence-electron chi connectivity index (χ4n) is 3.44. The van der Waals surface area contributed by atoms with E-state index in [1.807, 2.05) is 0 Å². The third-order valence-corrected chi connectivity index (χ3v) is 4.78. The van der Waals surface area contributed by atoms with Crippen LogP contribution in [0, 0.1) is 10.1 Å². The van der Waals surface area contributed by atoms with E-state index in [9.17, 15) is 24.8 Å². The minimum Gasteiger partial charge on any atom is -0.507 e. The number of nitro groups is 1. The molecule has 0 aliphatic carbocycles. The molecule has 0 saturated carbocycles. The Morgan fingerprint density at radius 2 is 1.73 bits per heavy atom. The molecule has 1 fully saturated rings. The molecule has 1 aliphatic heterocycles. The zero-order valence-electron chi connectivity index (χ0n) is 15.5. The van der Waals surface area contributed by atoms with Crippen molar-refractivity contribution >= 4 is 29.0 Å². The van der Waals surface area contributed by atoms with Crippen molar-refractivity contribution in [2.45, 2.75) is 6.04 Å². The smallest absolute Gasteiger partial charge is 0.301 e. The molecule has 2 aromatic carbocycles. The lowest BCUT2D eigenvalue weighted by molar-refractivity contribution is -0.384. The maximum Gasteiger partial charge on any atom is 0.301 e. The minimum atomic E-state index is -1.07. The first kappa shape index (κ1) is 19.0. The Labute approximate surface area is 170 Å². The molecule has 1 amide bonds. The van der Waals surface area contributed by atoms with Gasteiger partial charge in [-0.1, -0.05) is 48.5 Å². The number of carbonyl (C=O) groups is 2. The van der Waals surface area contributed by atoms with Crippen LogP contribution in [-0.4, -0.2) is 26.7 Å². The Morgan fingerprint density at radius 3 is 2.40 bits per heavy atom. The Kier molecular flexibility index (Phi) is 4.81. The molecule has 4 rings (SSSR count). The second-order valence-corrected chi connectivity index (χ2v) is 6.58. The van der Waals surface area contributed by atoms with Crippen molar-refractivity contribution in [3.63, 3.8) is 0 Å². The van der Waals surface area contributed by atoms with E-state index in [1.165, 1.54) is 24.4 Å². The van der Waals surface area contributed by atoms with Gasteiger partial charge in [-0.25, -0.2) is 4.98 Å². The maximum atomic E-state index is 12.9. The van der Waals surface area contributed by atoms with Gasteiger partial charge in [0.25, 0.3) is 11.5 Å². The third kappa shape index (κ3) is 3.20. The molecule has 8 heteroatoms. The normalized spacial score (nSPS) is 17.9. The molecule has 1 atom stereocenters. The Bertz CT molecular complexity index is 1180. The lowest BCUT2D eigenvalue weighted by atomic mass is 9.95. The van der Waals surface area contributed by atoms with E-state index in [0.717, 1.165) is 4.90 Å². The topological polar surface area (TPSA) is 114 Å². The molecule has 30 heavy (non-hydrogen) atoms. The molecule has 148 valence electrons. The molecule has 1 aromatic heterocycles. The van der Waals surface area contributed by atoms with Crippen molar-refractivity contribution in [2.75, 3.05) is 4.90 Å². The molecular weight excluding hydrogens is 386 g/mol. The first-order chi connectivity index (χ1) is 14.5. The zero-order valence-corrected chi connectivity index (χ0v) is 15.5.